The van der Waals surface area contributed by atoms with Crippen LogP contribution in [0.4, 0.5) is 11.4 Å². The molecule has 0 amide bonds. The first kappa shape index (κ1) is 17.5. The number of nitro groups is 1. The highest BCUT2D eigenvalue weighted by Crippen LogP contribution is 2.32. The summed E-state index contributed by atoms with van der Waals surface area (Å²) in [6.07, 6.45) is 0. The second-order valence-electron chi connectivity index (χ2n) is 4.83. The first-order valence-electron chi connectivity index (χ1n) is 6.79. The summed E-state index contributed by atoms with van der Waals surface area (Å²) >= 11 is 0. The van der Waals surface area contributed by atoms with E-state index in [1.165, 1.54) is 57.5 Å². The predicted octanol–water partition coefficient (Wildman–Crippen LogP) is 2.72. The van der Waals surface area contributed by atoms with E-state index in [0.717, 1.165) is 0 Å². The number of hydrogen-bond donors (Lipinski definition) is 1. The summed E-state index contributed by atoms with van der Waals surface area (Å²) in [6, 6.07) is 8.43. The van der Waals surface area contributed by atoms with E-state index in [2.05, 4.69) is 4.72 Å². The zero-order valence-corrected chi connectivity index (χ0v) is 14.1. The van der Waals surface area contributed by atoms with Crippen LogP contribution in [0.3, 0.4) is 0 Å². The SMILES string of the molecule is COc1ccc(S(=O)(=O)Nc2cccc([N+](=O)[O-])c2C)c(OC)c1. The number of rotatable bonds is 6. The maximum absolute atomic E-state index is 12.6. The molecule has 0 unspecified atom stereocenters. The van der Waals surface area contributed by atoms with Crippen molar-refractivity contribution >= 4 is 21.4 Å². The molecule has 0 aliphatic carbocycles. The van der Waals surface area contributed by atoms with Crippen LogP contribution in [0.25, 0.3) is 0 Å². The third-order valence-electron chi connectivity index (χ3n) is 3.41. The highest BCUT2D eigenvalue weighted by atomic mass is 32.2. The van der Waals surface area contributed by atoms with Crippen molar-refractivity contribution in [3.63, 3.8) is 0 Å². The molecule has 9 heteroatoms. The zero-order chi connectivity index (χ0) is 17.9. The molecular formula is C15H16N2O6S. The third kappa shape index (κ3) is 3.40. The van der Waals surface area contributed by atoms with Crippen LogP contribution in [0, 0.1) is 17.0 Å². The molecule has 2 rings (SSSR count). The summed E-state index contributed by atoms with van der Waals surface area (Å²) in [4.78, 5) is 10.3. The lowest BCUT2D eigenvalue weighted by Gasteiger charge is -2.14. The van der Waals surface area contributed by atoms with Gasteiger partial charge in [0, 0.05) is 12.1 Å². The maximum Gasteiger partial charge on any atom is 0.274 e. The van der Waals surface area contributed by atoms with Crippen molar-refractivity contribution in [1.82, 2.24) is 0 Å². The molecule has 8 nitrogen and oxygen atoms in total. The fourth-order valence-electron chi connectivity index (χ4n) is 2.13. The van der Waals surface area contributed by atoms with Crippen LogP contribution < -0.4 is 14.2 Å². The molecular weight excluding hydrogens is 336 g/mol. The number of nitrogens with zero attached hydrogens (tertiary/aromatic N) is 1. The highest BCUT2D eigenvalue weighted by Gasteiger charge is 2.23. The Labute approximate surface area is 139 Å². The Hall–Kier alpha value is -2.81. The number of nitrogens with one attached hydrogen (secondary N) is 1. The molecule has 0 aliphatic heterocycles. The van der Waals surface area contributed by atoms with Crippen molar-refractivity contribution in [2.45, 2.75) is 11.8 Å². The minimum absolute atomic E-state index is 0.100. The molecule has 0 bridgehead atoms. The number of ether oxygens (including phenoxy) is 2. The number of sulfonamides is 1. The molecule has 0 atom stereocenters. The van der Waals surface area contributed by atoms with Crippen LogP contribution in [-0.2, 0) is 10.0 Å². The second-order valence-corrected chi connectivity index (χ2v) is 6.48. The molecule has 1 N–H and O–H groups in total. The summed E-state index contributed by atoms with van der Waals surface area (Å²) in [5.74, 6) is 0.544. The third-order valence-corrected chi connectivity index (χ3v) is 4.81. The Morgan fingerprint density at radius 1 is 1.12 bits per heavy atom. The molecule has 0 aliphatic rings. The molecule has 2 aromatic rings. The van der Waals surface area contributed by atoms with E-state index in [1.54, 1.807) is 0 Å². The van der Waals surface area contributed by atoms with Crippen molar-refractivity contribution in [2.75, 3.05) is 18.9 Å². The van der Waals surface area contributed by atoms with Crippen molar-refractivity contribution in [3.8, 4) is 11.5 Å². The van der Waals surface area contributed by atoms with Gasteiger partial charge in [-0.25, -0.2) is 8.42 Å². The van der Waals surface area contributed by atoms with E-state index in [1.807, 2.05) is 0 Å². The van der Waals surface area contributed by atoms with Crippen molar-refractivity contribution in [2.24, 2.45) is 0 Å². The molecule has 24 heavy (non-hydrogen) atoms. The standard InChI is InChI=1S/C15H16N2O6S/c1-10-12(5-4-6-13(10)17(18)19)16-24(20,21)15-8-7-11(22-2)9-14(15)23-3/h4-9,16H,1-3H3. The first-order valence-corrected chi connectivity index (χ1v) is 8.27. The molecule has 0 saturated heterocycles. The summed E-state index contributed by atoms with van der Waals surface area (Å²) in [5, 5.41) is 11.0. The summed E-state index contributed by atoms with van der Waals surface area (Å²) in [5.41, 5.74) is 0.178. The van der Waals surface area contributed by atoms with Gasteiger partial charge in [-0.3, -0.25) is 14.8 Å². The summed E-state index contributed by atoms with van der Waals surface area (Å²) < 4.78 is 37.7. The quantitative estimate of drug-likeness (QED) is 0.632. The van der Waals surface area contributed by atoms with Gasteiger partial charge in [-0.2, -0.15) is 0 Å². The molecule has 0 radical (unpaired) electrons. The van der Waals surface area contributed by atoms with Gasteiger partial charge in [-0.05, 0) is 25.1 Å². The first-order chi connectivity index (χ1) is 11.3. The molecule has 128 valence electrons. The topological polar surface area (TPSA) is 108 Å². The number of anilines is 1. The van der Waals surface area contributed by atoms with Crippen LogP contribution in [0.15, 0.2) is 41.3 Å². The van der Waals surface area contributed by atoms with Gasteiger partial charge in [0.05, 0.1) is 30.4 Å². The fourth-order valence-corrected chi connectivity index (χ4v) is 3.40. The summed E-state index contributed by atoms with van der Waals surface area (Å²) in [7, 11) is -1.21. The van der Waals surface area contributed by atoms with Gasteiger partial charge in [0.2, 0.25) is 0 Å². The van der Waals surface area contributed by atoms with E-state index < -0.39 is 14.9 Å². The second kappa shape index (κ2) is 6.75. The fraction of sp³-hybridized carbons (Fsp3) is 0.200. The maximum atomic E-state index is 12.6. The number of methoxy groups -OCH3 is 2. The number of benzene rings is 2. The van der Waals surface area contributed by atoms with Crippen LogP contribution in [0.1, 0.15) is 5.56 Å². The van der Waals surface area contributed by atoms with Gasteiger partial charge in [0.15, 0.2) is 0 Å². The van der Waals surface area contributed by atoms with Gasteiger partial charge in [0.25, 0.3) is 15.7 Å². The minimum Gasteiger partial charge on any atom is -0.497 e. The number of nitro benzene ring substituents is 1. The van der Waals surface area contributed by atoms with E-state index in [9.17, 15) is 18.5 Å². The Morgan fingerprint density at radius 3 is 2.42 bits per heavy atom. The molecule has 0 spiro atoms. The normalized spacial score (nSPS) is 11.0. The summed E-state index contributed by atoms with van der Waals surface area (Å²) in [6.45, 7) is 1.47. The average Bonchev–Trinajstić information content (AvgIpc) is 2.55. The van der Waals surface area contributed by atoms with Gasteiger partial charge < -0.3 is 9.47 Å². The van der Waals surface area contributed by atoms with E-state index >= 15 is 0 Å². The van der Waals surface area contributed by atoms with Crippen molar-refractivity contribution in [1.29, 1.82) is 0 Å². The highest BCUT2D eigenvalue weighted by molar-refractivity contribution is 7.92. The van der Waals surface area contributed by atoms with Crippen LogP contribution in [0.2, 0.25) is 0 Å². The van der Waals surface area contributed by atoms with Gasteiger partial charge in [-0.1, -0.05) is 6.07 Å². The van der Waals surface area contributed by atoms with Gasteiger partial charge in [-0.15, -0.1) is 0 Å². The van der Waals surface area contributed by atoms with E-state index in [0.29, 0.717) is 5.75 Å². The molecule has 0 heterocycles. The Kier molecular flexibility index (Phi) is 4.93. The minimum atomic E-state index is -4.00. The number of hydrogen-bond acceptors (Lipinski definition) is 6. The van der Waals surface area contributed by atoms with E-state index in [4.69, 9.17) is 9.47 Å². The molecule has 0 fully saturated rings. The largest absolute Gasteiger partial charge is 0.497 e. The Balaban J connectivity index is 2.47. The molecule has 0 aromatic heterocycles. The van der Waals surface area contributed by atoms with Crippen molar-refractivity contribution < 1.29 is 22.8 Å². The monoisotopic (exact) mass is 352 g/mol. The average molecular weight is 352 g/mol. The van der Waals surface area contributed by atoms with Crippen LogP contribution in [-0.4, -0.2) is 27.6 Å². The van der Waals surface area contributed by atoms with Crippen LogP contribution in [0.5, 0.6) is 11.5 Å². The van der Waals surface area contributed by atoms with Gasteiger partial charge >= 0.3 is 0 Å². The lowest BCUT2D eigenvalue weighted by molar-refractivity contribution is -0.385. The van der Waals surface area contributed by atoms with Gasteiger partial charge in [0.1, 0.15) is 16.4 Å². The van der Waals surface area contributed by atoms with Crippen molar-refractivity contribution in [3.05, 3.63) is 52.1 Å². The molecule has 2 aromatic carbocycles. The molecule has 0 saturated carbocycles. The van der Waals surface area contributed by atoms with E-state index in [-0.39, 0.29) is 27.6 Å². The smallest absolute Gasteiger partial charge is 0.274 e. The predicted molar refractivity (Wildman–Crippen MR) is 88.2 cm³/mol. The Morgan fingerprint density at radius 2 is 1.83 bits per heavy atom. The lowest BCUT2D eigenvalue weighted by Crippen LogP contribution is -2.15. The zero-order valence-electron chi connectivity index (χ0n) is 13.3. The van der Waals surface area contributed by atoms with Crippen LogP contribution >= 0.6 is 0 Å². The Bertz CT molecular complexity index is 880. The lowest BCUT2D eigenvalue weighted by atomic mass is 10.2.